The highest BCUT2D eigenvalue weighted by Crippen LogP contribution is 2.16. The van der Waals surface area contributed by atoms with E-state index in [-0.39, 0.29) is 24.6 Å². The number of fused-ring (bicyclic) bond motifs is 1. The lowest BCUT2D eigenvalue weighted by Gasteiger charge is -2.14. The highest BCUT2D eigenvalue weighted by atomic mass is 16.5. The number of benzene rings is 1. The molecule has 0 saturated carbocycles. The zero-order valence-corrected chi connectivity index (χ0v) is 13.1. The topological polar surface area (TPSA) is 96.4 Å². The summed E-state index contributed by atoms with van der Waals surface area (Å²) in [4.78, 5) is 21.0. The number of carbonyl (C=O) groups is 1. The smallest absolute Gasteiger partial charge is 0.251 e. The van der Waals surface area contributed by atoms with Gasteiger partial charge in [0.05, 0.1) is 30.9 Å². The lowest BCUT2D eigenvalue weighted by atomic mass is 10.1. The van der Waals surface area contributed by atoms with Crippen LogP contribution in [-0.4, -0.2) is 52.4 Å². The Morgan fingerprint density at radius 1 is 1.39 bits per heavy atom. The van der Waals surface area contributed by atoms with Crippen LogP contribution in [0, 0.1) is 0 Å². The van der Waals surface area contributed by atoms with Gasteiger partial charge in [0.15, 0.2) is 0 Å². The van der Waals surface area contributed by atoms with Gasteiger partial charge < -0.3 is 20.5 Å². The van der Waals surface area contributed by atoms with E-state index in [4.69, 9.17) is 4.74 Å². The molecule has 7 nitrogen and oxygen atoms in total. The Labute approximate surface area is 134 Å². The maximum atomic E-state index is 12.3. The lowest BCUT2D eigenvalue weighted by molar-refractivity contribution is 0.0886. The average molecular weight is 316 g/mol. The number of nitrogens with zero attached hydrogens (tertiary/aromatic N) is 2. The zero-order valence-electron chi connectivity index (χ0n) is 13.1. The summed E-state index contributed by atoms with van der Waals surface area (Å²) in [7, 11) is 0. The molecule has 122 valence electrons. The van der Waals surface area contributed by atoms with E-state index < -0.39 is 6.10 Å². The van der Waals surface area contributed by atoms with E-state index in [0.717, 1.165) is 5.39 Å². The molecule has 1 aliphatic rings. The van der Waals surface area contributed by atoms with Crippen molar-refractivity contribution in [1.82, 2.24) is 15.3 Å². The molecule has 1 aliphatic heterocycles. The molecule has 2 atom stereocenters. The number of hydrogen-bond acceptors (Lipinski definition) is 6. The Morgan fingerprint density at radius 3 is 2.91 bits per heavy atom. The van der Waals surface area contributed by atoms with Crippen LogP contribution in [0.3, 0.4) is 0 Å². The number of hydrogen-bond donors (Lipinski definition) is 3. The number of carbonyl (C=O) groups excluding carboxylic acids is 1. The van der Waals surface area contributed by atoms with E-state index in [1.807, 2.05) is 19.9 Å². The van der Waals surface area contributed by atoms with Crippen molar-refractivity contribution in [2.45, 2.75) is 32.0 Å². The van der Waals surface area contributed by atoms with Gasteiger partial charge in [0, 0.05) is 23.2 Å². The van der Waals surface area contributed by atoms with Gasteiger partial charge in [0.1, 0.15) is 0 Å². The summed E-state index contributed by atoms with van der Waals surface area (Å²) in [6, 6.07) is 5.11. The summed E-state index contributed by atoms with van der Waals surface area (Å²) in [5, 5.41) is 16.5. The van der Waals surface area contributed by atoms with Gasteiger partial charge >= 0.3 is 0 Å². The van der Waals surface area contributed by atoms with Crippen LogP contribution in [-0.2, 0) is 4.74 Å². The normalized spacial score (nSPS) is 20.9. The SMILES string of the molecule is CC(C)Nc1ncc2ccc(C(=O)NC3COCC3O)cc2n1. The second kappa shape index (κ2) is 6.47. The van der Waals surface area contributed by atoms with Crippen LogP contribution in [0.5, 0.6) is 0 Å². The van der Waals surface area contributed by atoms with E-state index in [0.29, 0.717) is 23.6 Å². The first kappa shape index (κ1) is 15.6. The molecule has 23 heavy (non-hydrogen) atoms. The van der Waals surface area contributed by atoms with Crippen LogP contribution in [0.4, 0.5) is 5.95 Å². The Balaban J connectivity index is 1.81. The summed E-state index contributed by atoms with van der Waals surface area (Å²) in [6.07, 6.45) is 1.06. The number of aliphatic hydroxyl groups is 1. The van der Waals surface area contributed by atoms with Gasteiger partial charge in [-0.05, 0) is 26.0 Å². The number of rotatable bonds is 4. The lowest BCUT2D eigenvalue weighted by Crippen LogP contribution is -2.42. The van der Waals surface area contributed by atoms with Crippen molar-refractivity contribution in [1.29, 1.82) is 0 Å². The molecule has 1 aromatic heterocycles. The van der Waals surface area contributed by atoms with Crippen molar-refractivity contribution in [3.63, 3.8) is 0 Å². The fourth-order valence-corrected chi connectivity index (χ4v) is 2.42. The van der Waals surface area contributed by atoms with Crippen molar-refractivity contribution in [2.24, 2.45) is 0 Å². The van der Waals surface area contributed by atoms with E-state index in [1.165, 1.54) is 0 Å². The number of amides is 1. The number of aromatic nitrogens is 2. The summed E-state index contributed by atoms with van der Waals surface area (Å²) in [5.41, 5.74) is 1.19. The second-order valence-electron chi connectivity index (χ2n) is 5.95. The second-order valence-corrected chi connectivity index (χ2v) is 5.95. The quantitative estimate of drug-likeness (QED) is 0.777. The van der Waals surface area contributed by atoms with E-state index in [9.17, 15) is 9.90 Å². The van der Waals surface area contributed by atoms with Gasteiger partial charge in [-0.1, -0.05) is 6.07 Å². The zero-order chi connectivity index (χ0) is 16.4. The Hall–Kier alpha value is -2.25. The molecule has 0 aliphatic carbocycles. The van der Waals surface area contributed by atoms with Crippen LogP contribution in [0.1, 0.15) is 24.2 Å². The molecule has 2 aromatic rings. The number of aliphatic hydroxyl groups excluding tert-OH is 1. The number of ether oxygens (including phenoxy) is 1. The minimum absolute atomic E-state index is 0.225. The first-order valence-corrected chi connectivity index (χ1v) is 7.63. The molecule has 2 unspecified atom stereocenters. The van der Waals surface area contributed by atoms with Gasteiger partial charge in [0.2, 0.25) is 5.95 Å². The van der Waals surface area contributed by atoms with Gasteiger partial charge in [-0.25, -0.2) is 9.97 Å². The highest BCUT2D eigenvalue weighted by molar-refractivity contribution is 5.98. The van der Waals surface area contributed by atoms with Crippen LogP contribution >= 0.6 is 0 Å². The molecule has 7 heteroatoms. The van der Waals surface area contributed by atoms with Crippen molar-refractivity contribution < 1.29 is 14.6 Å². The van der Waals surface area contributed by atoms with E-state index >= 15 is 0 Å². The van der Waals surface area contributed by atoms with Crippen LogP contribution < -0.4 is 10.6 Å². The predicted octanol–water partition coefficient (Wildman–Crippen LogP) is 0.940. The third kappa shape index (κ3) is 3.57. The van der Waals surface area contributed by atoms with E-state index in [2.05, 4.69) is 20.6 Å². The maximum Gasteiger partial charge on any atom is 0.251 e. The fourth-order valence-electron chi connectivity index (χ4n) is 2.42. The van der Waals surface area contributed by atoms with Crippen molar-refractivity contribution in [3.05, 3.63) is 30.0 Å². The molecule has 0 bridgehead atoms. The molecule has 0 radical (unpaired) electrons. The third-order valence-electron chi connectivity index (χ3n) is 3.63. The summed E-state index contributed by atoms with van der Waals surface area (Å²) >= 11 is 0. The van der Waals surface area contributed by atoms with Crippen LogP contribution in [0.2, 0.25) is 0 Å². The molecule has 2 heterocycles. The minimum atomic E-state index is -0.663. The number of anilines is 1. The maximum absolute atomic E-state index is 12.3. The Bertz CT molecular complexity index is 720. The Kier molecular flexibility index (Phi) is 4.40. The monoisotopic (exact) mass is 316 g/mol. The largest absolute Gasteiger partial charge is 0.388 e. The number of nitrogens with one attached hydrogen (secondary N) is 2. The van der Waals surface area contributed by atoms with Gasteiger partial charge in [-0.2, -0.15) is 0 Å². The van der Waals surface area contributed by atoms with Gasteiger partial charge in [-0.15, -0.1) is 0 Å². The average Bonchev–Trinajstić information content (AvgIpc) is 2.91. The first-order valence-electron chi connectivity index (χ1n) is 7.63. The van der Waals surface area contributed by atoms with Crippen LogP contribution in [0.15, 0.2) is 24.4 Å². The van der Waals surface area contributed by atoms with Crippen molar-refractivity contribution >= 4 is 22.8 Å². The molecular weight excluding hydrogens is 296 g/mol. The molecule has 3 N–H and O–H groups in total. The third-order valence-corrected chi connectivity index (χ3v) is 3.63. The highest BCUT2D eigenvalue weighted by Gasteiger charge is 2.27. The molecule has 1 saturated heterocycles. The standard InChI is InChI=1S/C16H20N4O3/c1-9(2)18-16-17-6-11-4-3-10(5-12(11)20-16)15(22)19-13-7-23-8-14(13)21/h3-6,9,13-14,21H,7-8H2,1-2H3,(H,19,22)(H,17,18,20). The summed E-state index contributed by atoms with van der Waals surface area (Å²) in [5.74, 6) is 0.281. The molecule has 3 rings (SSSR count). The van der Waals surface area contributed by atoms with Gasteiger partial charge in [-0.3, -0.25) is 4.79 Å². The summed E-state index contributed by atoms with van der Waals surface area (Å²) < 4.78 is 5.14. The Morgan fingerprint density at radius 2 is 2.22 bits per heavy atom. The molecule has 1 aromatic carbocycles. The van der Waals surface area contributed by atoms with Crippen molar-refractivity contribution in [3.8, 4) is 0 Å². The summed E-state index contributed by atoms with van der Waals surface area (Å²) in [6.45, 7) is 4.59. The molecular formula is C16H20N4O3. The van der Waals surface area contributed by atoms with Gasteiger partial charge in [0.25, 0.3) is 5.91 Å². The molecule has 1 amide bonds. The van der Waals surface area contributed by atoms with Crippen LogP contribution in [0.25, 0.3) is 10.9 Å². The molecule has 1 fully saturated rings. The predicted molar refractivity (Wildman–Crippen MR) is 86.4 cm³/mol. The fraction of sp³-hybridized carbons (Fsp3) is 0.438. The molecule has 0 spiro atoms. The first-order chi connectivity index (χ1) is 11.0. The van der Waals surface area contributed by atoms with E-state index in [1.54, 1.807) is 18.3 Å². The van der Waals surface area contributed by atoms with Crippen molar-refractivity contribution in [2.75, 3.05) is 18.5 Å². The minimum Gasteiger partial charge on any atom is -0.388 e.